The fourth-order valence-corrected chi connectivity index (χ4v) is 2.11. The highest BCUT2D eigenvalue weighted by Crippen LogP contribution is 2.22. The minimum Gasteiger partial charge on any atom is -0.483 e. The van der Waals surface area contributed by atoms with Crippen molar-refractivity contribution in [2.24, 2.45) is 5.73 Å². The first kappa shape index (κ1) is 19.2. The number of nitrogens with one attached hydrogen (secondary N) is 1. The summed E-state index contributed by atoms with van der Waals surface area (Å²) in [6.07, 6.45) is 0. The molecule has 2 aromatic carbocycles. The molecule has 7 nitrogen and oxygen atoms in total. The van der Waals surface area contributed by atoms with E-state index in [9.17, 15) is 18.8 Å². The highest BCUT2D eigenvalue weighted by Gasteiger charge is 2.16. The Bertz CT molecular complexity index is 844. The molecule has 0 bridgehead atoms. The minimum absolute atomic E-state index is 0.00914. The molecule has 26 heavy (non-hydrogen) atoms. The monoisotopic (exact) mass is 380 g/mol. The van der Waals surface area contributed by atoms with Crippen LogP contribution in [0.5, 0.6) is 5.75 Å². The van der Waals surface area contributed by atoms with Gasteiger partial charge in [-0.2, -0.15) is 0 Å². The lowest BCUT2D eigenvalue weighted by Crippen LogP contribution is -2.23. The first-order valence-corrected chi connectivity index (χ1v) is 7.67. The smallest absolute Gasteiger partial charge is 0.342 e. The third-order valence-corrected chi connectivity index (χ3v) is 3.33. The summed E-state index contributed by atoms with van der Waals surface area (Å²) in [5, 5.41) is 2.40. The molecule has 2 aromatic rings. The van der Waals surface area contributed by atoms with Crippen molar-refractivity contribution in [1.82, 2.24) is 0 Å². The molecule has 0 atom stereocenters. The number of carbonyl (C=O) groups excluding carboxylic acids is 3. The van der Waals surface area contributed by atoms with Gasteiger partial charge in [0.25, 0.3) is 11.8 Å². The van der Waals surface area contributed by atoms with Crippen molar-refractivity contribution >= 4 is 35.1 Å². The third kappa shape index (κ3) is 5.45. The molecular weight excluding hydrogens is 367 g/mol. The van der Waals surface area contributed by atoms with Crippen molar-refractivity contribution in [1.29, 1.82) is 0 Å². The Hall–Kier alpha value is -3.13. The van der Waals surface area contributed by atoms with E-state index < -0.39 is 36.8 Å². The summed E-state index contributed by atoms with van der Waals surface area (Å²) in [6, 6.07) is 9.47. The van der Waals surface area contributed by atoms with Gasteiger partial charge in [-0.3, -0.25) is 9.59 Å². The van der Waals surface area contributed by atoms with Gasteiger partial charge in [-0.05, 0) is 30.3 Å². The Balaban J connectivity index is 1.96. The number of hydrogen-bond donors (Lipinski definition) is 2. The van der Waals surface area contributed by atoms with Crippen LogP contribution in [0.15, 0.2) is 42.5 Å². The standard InChI is InChI=1S/C17H14ClFN2O5/c18-12-7-10(19)5-6-13(12)21-16(23)9-26-17(24)11-3-1-2-4-14(11)25-8-15(20)22/h1-7H,8-9H2,(H2,20,22)(H,21,23). The summed E-state index contributed by atoms with van der Waals surface area (Å²) in [5.41, 5.74) is 5.20. The topological polar surface area (TPSA) is 108 Å². The Morgan fingerprint density at radius 1 is 1.12 bits per heavy atom. The molecule has 0 spiro atoms. The lowest BCUT2D eigenvalue weighted by Gasteiger charge is -2.11. The van der Waals surface area contributed by atoms with Crippen LogP contribution in [-0.2, 0) is 14.3 Å². The average molecular weight is 381 g/mol. The van der Waals surface area contributed by atoms with Crippen LogP contribution in [-0.4, -0.2) is 31.0 Å². The number of hydrogen-bond acceptors (Lipinski definition) is 5. The van der Waals surface area contributed by atoms with Crippen LogP contribution in [0, 0.1) is 5.82 Å². The first-order valence-electron chi connectivity index (χ1n) is 7.29. The fourth-order valence-electron chi connectivity index (χ4n) is 1.90. The van der Waals surface area contributed by atoms with E-state index in [0.29, 0.717) is 0 Å². The average Bonchev–Trinajstić information content (AvgIpc) is 2.60. The maximum absolute atomic E-state index is 13.0. The Morgan fingerprint density at radius 2 is 1.85 bits per heavy atom. The number of esters is 1. The van der Waals surface area contributed by atoms with Gasteiger partial charge < -0.3 is 20.5 Å². The molecule has 0 heterocycles. The predicted octanol–water partition coefficient (Wildman–Crippen LogP) is 2.14. The van der Waals surface area contributed by atoms with Crippen molar-refractivity contribution < 1.29 is 28.2 Å². The van der Waals surface area contributed by atoms with Crippen LogP contribution in [0.2, 0.25) is 5.02 Å². The second-order valence-corrected chi connectivity index (χ2v) is 5.41. The maximum atomic E-state index is 13.0. The van der Waals surface area contributed by atoms with Crippen molar-refractivity contribution in [2.75, 3.05) is 18.5 Å². The number of carbonyl (C=O) groups is 3. The van der Waals surface area contributed by atoms with Gasteiger partial charge in [0.15, 0.2) is 13.2 Å². The Morgan fingerprint density at radius 3 is 2.54 bits per heavy atom. The van der Waals surface area contributed by atoms with E-state index in [-0.39, 0.29) is 22.0 Å². The molecule has 0 fully saturated rings. The van der Waals surface area contributed by atoms with E-state index in [2.05, 4.69) is 5.32 Å². The van der Waals surface area contributed by atoms with Gasteiger partial charge in [0.1, 0.15) is 17.1 Å². The molecule has 2 rings (SSSR count). The molecule has 0 aliphatic rings. The van der Waals surface area contributed by atoms with Crippen molar-refractivity contribution in [2.45, 2.75) is 0 Å². The van der Waals surface area contributed by atoms with E-state index in [0.717, 1.165) is 12.1 Å². The van der Waals surface area contributed by atoms with Crippen LogP contribution in [0.1, 0.15) is 10.4 Å². The third-order valence-electron chi connectivity index (χ3n) is 3.02. The zero-order chi connectivity index (χ0) is 19.1. The lowest BCUT2D eigenvalue weighted by molar-refractivity contribution is -0.120. The molecule has 9 heteroatoms. The number of rotatable bonds is 7. The largest absolute Gasteiger partial charge is 0.483 e. The van der Waals surface area contributed by atoms with E-state index in [1.165, 1.54) is 18.2 Å². The quantitative estimate of drug-likeness (QED) is 0.715. The van der Waals surface area contributed by atoms with Gasteiger partial charge in [-0.15, -0.1) is 0 Å². The molecular formula is C17H14ClFN2O5. The molecule has 2 amide bonds. The molecule has 136 valence electrons. The molecule has 0 aliphatic carbocycles. The Kier molecular flexibility index (Phi) is 6.51. The summed E-state index contributed by atoms with van der Waals surface area (Å²) in [5.74, 6) is -2.65. The first-order chi connectivity index (χ1) is 12.4. The van der Waals surface area contributed by atoms with Gasteiger partial charge >= 0.3 is 5.97 Å². The van der Waals surface area contributed by atoms with E-state index in [4.69, 9.17) is 26.8 Å². The zero-order valence-electron chi connectivity index (χ0n) is 13.3. The van der Waals surface area contributed by atoms with Gasteiger partial charge in [0, 0.05) is 0 Å². The number of halogens is 2. The molecule has 0 aliphatic heterocycles. The molecule has 0 aromatic heterocycles. The second kappa shape index (κ2) is 8.82. The number of amides is 2. The van der Waals surface area contributed by atoms with Gasteiger partial charge in [-0.1, -0.05) is 23.7 Å². The number of benzene rings is 2. The summed E-state index contributed by atoms with van der Waals surface area (Å²) < 4.78 is 23.0. The number of primary amides is 1. The van der Waals surface area contributed by atoms with Gasteiger partial charge in [0.2, 0.25) is 0 Å². The summed E-state index contributed by atoms with van der Waals surface area (Å²) >= 11 is 5.80. The summed E-state index contributed by atoms with van der Waals surface area (Å²) in [6.45, 7) is -1.01. The van der Waals surface area contributed by atoms with Crippen LogP contribution < -0.4 is 15.8 Å². The molecule has 3 N–H and O–H groups in total. The zero-order valence-corrected chi connectivity index (χ0v) is 14.1. The highest BCUT2D eigenvalue weighted by molar-refractivity contribution is 6.33. The van der Waals surface area contributed by atoms with Crippen molar-refractivity contribution in [3.8, 4) is 5.75 Å². The molecule has 0 saturated heterocycles. The minimum atomic E-state index is -0.828. The predicted molar refractivity (Wildman–Crippen MR) is 91.5 cm³/mol. The fraction of sp³-hybridized carbons (Fsp3) is 0.118. The number of ether oxygens (including phenoxy) is 2. The van der Waals surface area contributed by atoms with Gasteiger partial charge in [0.05, 0.1) is 10.7 Å². The number of nitrogens with two attached hydrogens (primary N) is 1. The maximum Gasteiger partial charge on any atom is 0.342 e. The van der Waals surface area contributed by atoms with E-state index in [1.54, 1.807) is 12.1 Å². The van der Waals surface area contributed by atoms with Crippen molar-refractivity contribution in [3.05, 3.63) is 58.9 Å². The summed E-state index contributed by atoms with van der Waals surface area (Å²) in [4.78, 5) is 34.7. The van der Waals surface area contributed by atoms with Gasteiger partial charge in [-0.25, -0.2) is 9.18 Å². The molecule has 0 unspecified atom stereocenters. The van der Waals surface area contributed by atoms with Crippen LogP contribution in [0.25, 0.3) is 0 Å². The second-order valence-electron chi connectivity index (χ2n) is 5.00. The number of para-hydroxylation sites is 1. The number of anilines is 1. The SMILES string of the molecule is NC(=O)COc1ccccc1C(=O)OCC(=O)Nc1ccc(F)cc1Cl. The summed E-state index contributed by atoms with van der Waals surface area (Å²) in [7, 11) is 0. The van der Waals surface area contributed by atoms with Crippen LogP contribution >= 0.6 is 11.6 Å². The van der Waals surface area contributed by atoms with Crippen LogP contribution in [0.4, 0.5) is 10.1 Å². The highest BCUT2D eigenvalue weighted by atomic mass is 35.5. The normalized spacial score (nSPS) is 10.1. The van der Waals surface area contributed by atoms with E-state index >= 15 is 0 Å². The van der Waals surface area contributed by atoms with E-state index in [1.807, 2.05) is 0 Å². The molecule has 0 saturated carbocycles. The van der Waals surface area contributed by atoms with Crippen LogP contribution in [0.3, 0.4) is 0 Å². The molecule has 0 radical (unpaired) electrons. The Labute approximate surface area is 152 Å². The van der Waals surface area contributed by atoms with Crippen molar-refractivity contribution in [3.63, 3.8) is 0 Å². The lowest BCUT2D eigenvalue weighted by atomic mass is 10.2.